The molecule has 1 aromatic heterocycles. The van der Waals surface area contributed by atoms with E-state index in [1.807, 2.05) is 31.2 Å². The number of hydrogen-bond acceptors (Lipinski definition) is 4. The highest BCUT2D eigenvalue weighted by Gasteiger charge is 2.40. The molecular formula is C25H18BrF3O4. The SMILES string of the molecule is CCc1ccc(Oc2c(C(F)(F)F)oc3cc(OCc4cccc(Br)c4)ccc3c2=O)cc1. The molecule has 3 aromatic carbocycles. The molecule has 0 aliphatic carbocycles. The zero-order valence-electron chi connectivity index (χ0n) is 17.4. The fourth-order valence-electron chi connectivity index (χ4n) is 3.23. The number of halogens is 4. The van der Waals surface area contributed by atoms with Crippen LogP contribution < -0.4 is 14.9 Å². The van der Waals surface area contributed by atoms with Gasteiger partial charge in [-0.3, -0.25) is 4.79 Å². The van der Waals surface area contributed by atoms with Gasteiger partial charge >= 0.3 is 6.18 Å². The molecule has 0 spiro atoms. The molecule has 4 aromatic rings. The molecule has 33 heavy (non-hydrogen) atoms. The van der Waals surface area contributed by atoms with E-state index in [9.17, 15) is 18.0 Å². The van der Waals surface area contributed by atoms with Gasteiger partial charge in [0.15, 0.2) is 0 Å². The number of ether oxygens (including phenoxy) is 2. The molecule has 0 fully saturated rings. The summed E-state index contributed by atoms with van der Waals surface area (Å²) in [5.74, 6) is -2.02. The summed E-state index contributed by atoms with van der Waals surface area (Å²) in [6, 6.07) is 18.0. The van der Waals surface area contributed by atoms with E-state index in [0.717, 1.165) is 22.0 Å². The van der Waals surface area contributed by atoms with Crippen LogP contribution in [0.1, 0.15) is 23.8 Å². The fraction of sp³-hybridized carbons (Fsp3) is 0.160. The fourth-order valence-corrected chi connectivity index (χ4v) is 3.68. The Bertz CT molecular complexity index is 1340. The van der Waals surface area contributed by atoms with Gasteiger partial charge in [0.25, 0.3) is 5.76 Å². The van der Waals surface area contributed by atoms with Crippen molar-refractivity contribution in [1.29, 1.82) is 0 Å². The average Bonchev–Trinajstić information content (AvgIpc) is 2.79. The molecular weight excluding hydrogens is 501 g/mol. The molecule has 0 amide bonds. The highest BCUT2D eigenvalue weighted by atomic mass is 79.9. The van der Waals surface area contributed by atoms with Crippen LogP contribution in [0.3, 0.4) is 0 Å². The van der Waals surface area contributed by atoms with Gasteiger partial charge in [-0.05, 0) is 53.9 Å². The van der Waals surface area contributed by atoms with Crippen LogP contribution in [-0.2, 0) is 19.2 Å². The van der Waals surface area contributed by atoms with Crippen molar-refractivity contribution in [2.24, 2.45) is 0 Å². The van der Waals surface area contributed by atoms with Crippen LogP contribution in [0.4, 0.5) is 13.2 Å². The third-order valence-electron chi connectivity index (χ3n) is 4.93. The second kappa shape index (κ2) is 9.31. The van der Waals surface area contributed by atoms with Crippen molar-refractivity contribution in [2.75, 3.05) is 0 Å². The minimum absolute atomic E-state index is 0.0435. The zero-order chi connectivity index (χ0) is 23.6. The first-order chi connectivity index (χ1) is 15.7. The largest absolute Gasteiger partial charge is 0.489 e. The molecule has 0 saturated carbocycles. The van der Waals surface area contributed by atoms with Gasteiger partial charge in [0.05, 0.1) is 5.39 Å². The Kier molecular flexibility index (Phi) is 6.47. The Morgan fingerprint density at radius 3 is 2.33 bits per heavy atom. The molecule has 0 aliphatic rings. The lowest BCUT2D eigenvalue weighted by molar-refractivity contribution is -0.154. The molecule has 0 aliphatic heterocycles. The third kappa shape index (κ3) is 5.22. The Labute approximate surface area is 195 Å². The summed E-state index contributed by atoms with van der Waals surface area (Å²) in [7, 11) is 0. The van der Waals surface area contributed by atoms with E-state index < -0.39 is 23.1 Å². The smallest absolute Gasteiger partial charge is 0.453 e. The maximum absolute atomic E-state index is 13.7. The van der Waals surface area contributed by atoms with E-state index in [0.29, 0.717) is 0 Å². The van der Waals surface area contributed by atoms with Gasteiger partial charge in [0.2, 0.25) is 11.2 Å². The number of alkyl halides is 3. The Morgan fingerprint density at radius 1 is 0.939 bits per heavy atom. The molecule has 4 rings (SSSR count). The summed E-state index contributed by atoms with van der Waals surface area (Å²) < 4.78 is 58.2. The van der Waals surface area contributed by atoms with E-state index in [2.05, 4.69) is 15.9 Å². The normalized spacial score (nSPS) is 11.5. The molecule has 0 unspecified atom stereocenters. The number of fused-ring (bicyclic) bond motifs is 1. The third-order valence-corrected chi connectivity index (χ3v) is 5.42. The van der Waals surface area contributed by atoms with E-state index in [-0.39, 0.29) is 29.1 Å². The minimum atomic E-state index is -4.93. The summed E-state index contributed by atoms with van der Waals surface area (Å²) in [6.07, 6.45) is -4.17. The van der Waals surface area contributed by atoms with Gasteiger partial charge in [-0.15, -0.1) is 0 Å². The summed E-state index contributed by atoms with van der Waals surface area (Å²) in [5, 5.41) is -0.0435. The van der Waals surface area contributed by atoms with Crippen molar-refractivity contribution in [3.63, 3.8) is 0 Å². The molecule has 1 heterocycles. The highest BCUT2D eigenvalue weighted by Crippen LogP contribution is 2.38. The molecule has 0 N–H and O–H groups in total. The van der Waals surface area contributed by atoms with Crippen LogP contribution in [0.5, 0.6) is 17.2 Å². The van der Waals surface area contributed by atoms with Crippen molar-refractivity contribution in [3.05, 3.63) is 98.3 Å². The lowest BCUT2D eigenvalue weighted by atomic mass is 10.1. The maximum atomic E-state index is 13.7. The predicted molar refractivity (Wildman–Crippen MR) is 122 cm³/mol. The van der Waals surface area contributed by atoms with Crippen LogP contribution in [0, 0.1) is 0 Å². The first kappa shape index (κ1) is 22.9. The molecule has 0 radical (unpaired) electrons. The molecule has 0 atom stereocenters. The molecule has 170 valence electrons. The second-order valence-electron chi connectivity index (χ2n) is 7.26. The Balaban J connectivity index is 1.70. The minimum Gasteiger partial charge on any atom is -0.489 e. The molecule has 0 saturated heterocycles. The molecule has 8 heteroatoms. The predicted octanol–water partition coefficient (Wildman–Crippen LogP) is 7.51. The van der Waals surface area contributed by atoms with Crippen molar-refractivity contribution < 1.29 is 27.1 Å². The van der Waals surface area contributed by atoms with E-state index in [1.54, 1.807) is 12.1 Å². The van der Waals surface area contributed by atoms with Gasteiger partial charge < -0.3 is 13.9 Å². The zero-order valence-corrected chi connectivity index (χ0v) is 19.0. The second-order valence-corrected chi connectivity index (χ2v) is 8.18. The summed E-state index contributed by atoms with van der Waals surface area (Å²) in [5.41, 5.74) is 0.688. The van der Waals surface area contributed by atoms with E-state index >= 15 is 0 Å². The van der Waals surface area contributed by atoms with Crippen LogP contribution >= 0.6 is 15.9 Å². The van der Waals surface area contributed by atoms with Crippen LogP contribution in [0.25, 0.3) is 11.0 Å². The topological polar surface area (TPSA) is 48.7 Å². The van der Waals surface area contributed by atoms with Gasteiger partial charge in [-0.25, -0.2) is 0 Å². The summed E-state index contributed by atoms with van der Waals surface area (Å²) in [4.78, 5) is 12.9. The summed E-state index contributed by atoms with van der Waals surface area (Å²) >= 11 is 3.37. The van der Waals surface area contributed by atoms with Crippen LogP contribution in [0.2, 0.25) is 0 Å². The van der Waals surface area contributed by atoms with Crippen molar-refractivity contribution >= 4 is 26.9 Å². The van der Waals surface area contributed by atoms with E-state index in [4.69, 9.17) is 13.9 Å². The lowest BCUT2D eigenvalue weighted by Crippen LogP contribution is -2.15. The standard InChI is InChI=1S/C25H18BrF3O4/c1-2-15-6-8-18(9-7-15)32-23-22(30)20-11-10-19(13-21(20)33-24(23)25(27,28)29)31-14-16-4-3-5-17(26)12-16/h3-13H,2,14H2,1H3. The lowest BCUT2D eigenvalue weighted by Gasteiger charge is -2.14. The number of hydrogen-bond donors (Lipinski definition) is 0. The highest BCUT2D eigenvalue weighted by molar-refractivity contribution is 9.10. The molecule has 4 nitrogen and oxygen atoms in total. The van der Waals surface area contributed by atoms with Crippen molar-refractivity contribution in [2.45, 2.75) is 26.1 Å². The average molecular weight is 519 g/mol. The van der Waals surface area contributed by atoms with E-state index in [1.165, 1.54) is 30.3 Å². The maximum Gasteiger partial charge on any atom is 0.453 e. The van der Waals surface area contributed by atoms with Gasteiger partial charge in [-0.1, -0.05) is 47.1 Å². The van der Waals surface area contributed by atoms with Gasteiger partial charge in [0.1, 0.15) is 23.7 Å². The molecule has 0 bridgehead atoms. The van der Waals surface area contributed by atoms with Crippen LogP contribution in [0.15, 0.2) is 80.4 Å². The first-order valence-electron chi connectivity index (χ1n) is 10.1. The number of benzene rings is 3. The monoisotopic (exact) mass is 518 g/mol. The van der Waals surface area contributed by atoms with Gasteiger partial charge in [0, 0.05) is 10.5 Å². The van der Waals surface area contributed by atoms with Gasteiger partial charge in [-0.2, -0.15) is 13.2 Å². The Morgan fingerprint density at radius 2 is 1.67 bits per heavy atom. The van der Waals surface area contributed by atoms with Crippen molar-refractivity contribution in [1.82, 2.24) is 0 Å². The van der Waals surface area contributed by atoms with Crippen molar-refractivity contribution in [3.8, 4) is 17.2 Å². The Hall–Kier alpha value is -3.26. The van der Waals surface area contributed by atoms with Crippen LogP contribution in [-0.4, -0.2) is 0 Å². The summed E-state index contributed by atoms with van der Waals surface area (Å²) in [6.45, 7) is 2.14. The number of aryl methyl sites for hydroxylation is 1. The first-order valence-corrected chi connectivity index (χ1v) is 10.9. The number of rotatable bonds is 6. The quantitative estimate of drug-likeness (QED) is 0.265.